The molecule has 2 rings (SSSR count). The minimum absolute atomic E-state index is 0.127. The highest BCUT2D eigenvalue weighted by molar-refractivity contribution is 5.36. The molecule has 0 amide bonds. The van der Waals surface area contributed by atoms with Crippen molar-refractivity contribution in [2.75, 3.05) is 40.0 Å². The lowest BCUT2D eigenvalue weighted by molar-refractivity contribution is 0.154. The molecule has 5 heteroatoms. The Bertz CT molecular complexity index is 408. The normalized spacial score (nSPS) is 18.3. The van der Waals surface area contributed by atoms with Gasteiger partial charge in [-0.1, -0.05) is 0 Å². The summed E-state index contributed by atoms with van der Waals surface area (Å²) in [7, 11) is 1.56. The second-order valence-electron chi connectivity index (χ2n) is 4.67. The Kier molecular flexibility index (Phi) is 5.10. The van der Waals surface area contributed by atoms with E-state index in [0.29, 0.717) is 12.2 Å². The molecule has 3 nitrogen and oxygen atoms in total. The van der Waals surface area contributed by atoms with E-state index in [1.165, 1.54) is 12.1 Å². The summed E-state index contributed by atoms with van der Waals surface area (Å²) in [5, 5.41) is 3.26. The van der Waals surface area contributed by atoms with Crippen molar-refractivity contribution in [3.05, 3.63) is 29.6 Å². The molecule has 1 aliphatic rings. The Morgan fingerprint density at radius 3 is 2.74 bits per heavy atom. The highest BCUT2D eigenvalue weighted by atomic mass is 19.1. The maximum atomic E-state index is 13.5. The van der Waals surface area contributed by atoms with Gasteiger partial charge in [0.1, 0.15) is 11.6 Å². The van der Waals surface area contributed by atoms with Crippen LogP contribution < -0.4 is 10.1 Å². The molecule has 1 atom stereocenters. The Morgan fingerprint density at radius 1 is 1.37 bits per heavy atom. The molecule has 0 aromatic heterocycles. The van der Waals surface area contributed by atoms with E-state index in [1.807, 2.05) is 0 Å². The molecule has 1 aromatic rings. The molecule has 1 heterocycles. The molecular weight excluding hydrogens is 250 g/mol. The van der Waals surface area contributed by atoms with Gasteiger partial charge in [-0.05, 0) is 24.6 Å². The largest absolute Gasteiger partial charge is 0.496 e. The van der Waals surface area contributed by atoms with Gasteiger partial charge in [0.25, 0.3) is 0 Å². The van der Waals surface area contributed by atoms with Crippen molar-refractivity contribution in [1.82, 2.24) is 10.2 Å². The van der Waals surface area contributed by atoms with E-state index in [1.54, 1.807) is 13.2 Å². The van der Waals surface area contributed by atoms with Gasteiger partial charge in [0.2, 0.25) is 0 Å². The molecule has 0 unspecified atom stereocenters. The van der Waals surface area contributed by atoms with Gasteiger partial charge in [0, 0.05) is 37.8 Å². The van der Waals surface area contributed by atoms with E-state index in [-0.39, 0.29) is 11.9 Å². The second kappa shape index (κ2) is 6.82. The van der Waals surface area contributed by atoms with Crippen LogP contribution in [0.2, 0.25) is 0 Å². The Balaban J connectivity index is 2.28. The third-order valence-corrected chi connectivity index (χ3v) is 3.53. The summed E-state index contributed by atoms with van der Waals surface area (Å²) in [4.78, 5) is 2.19. The standard InChI is InChI=1S/C14H20F2N2O/c1-19-14-3-2-11(16)10-12(14)13(4-5-15)18-8-6-17-7-9-18/h2-3,10,13,17H,4-9H2,1H3/t13-/m1/s1. The molecule has 1 aliphatic heterocycles. The highest BCUT2D eigenvalue weighted by Crippen LogP contribution is 2.32. The predicted molar refractivity (Wildman–Crippen MR) is 70.7 cm³/mol. The molecule has 0 saturated carbocycles. The number of nitrogens with zero attached hydrogens (tertiary/aromatic N) is 1. The summed E-state index contributed by atoms with van der Waals surface area (Å²) in [5.74, 6) is 0.313. The summed E-state index contributed by atoms with van der Waals surface area (Å²) in [6, 6.07) is 4.31. The Morgan fingerprint density at radius 2 is 2.11 bits per heavy atom. The van der Waals surface area contributed by atoms with Crippen molar-refractivity contribution in [2.45, 2.75) is 12.5 Å². The average molecular weight is 270 g/mol. The van der Waals surface area contributed by atoms with Crippen molar-refractivity contribution in [1.29, 1.82) is 0 Å². The van der Waals surface area contributed by atoms with Crippen LogP contribution in [0.1, 0.15) is 18.0 Å². The van der Waals surface area contributed by atoms with Gasteiger partial charge in [0.15, 0.2) is 0 Å². The Labute approximate surface area is 112 Å². The van der Waals surface area contributed by atoms with Crippen molar-refractivity contribution in [3.63, 3.8) is 0 Å². The number of halogens is 2. The van der Waals surface area contributed by atoms with E-state index in [0.717, 1.165) is 31.7 Å². The first kappa shape index (κ1) is 14.2. The molecule has 1 N–H and O–H groups in total. The third-order valence-electron chi connectivity index (χ3n) is 3.53. The van der Waals surface area contributed by atoms with Crippen molar-refractivity contribution in [2.24, 2.45) is 0 Å². The van der Waals surface area contributed by atoms with Gasteiger partial charge in [-0.2, -0.15) is 0 Å². The molecule has 0 aliphatic carbocycles. The molecule has 1 saturated heterocycles. The fraction of sp³-hybridized carbons (Fsp3) is 0.571. The number of nitrogens with one attached hydrogen (secondary N) is 1. The molecule has 0 radical (unpaired) electrons. The summed E-state index contributed by atoms with van der Waals surface area (Å²) in [6.45, 7) is 3.00. The lowest BCUT2D eigenvalue weighted by atomic mass is 10.0. The van der Waals surface area contributed by atoms with Crippen LogP contribution in [-0.2, 0) is 0 Å². The van der Waals surface area contributed by atoms with E-state index in [9.17, 15) is 8.78 Å². The number of hydrogen-bond donors (Lipinski definition) is 1. The quantitative estimate of drug-likeness (QED) is 0.887. The monoisotopic (exact) mass is 270 g/mol. The predicted octanol–water partition coefficient (Wildman–Crippen LogP) is 2.14. The molecule has 1 fully saturated rings. The molecular formula is C14H20F2N2O. The number of rotatable bonds is 5. The van der Waals surface area contributed by atoms with Gasteiger partial charge in [-0.3, -0.25) is 9.29 Å². The average Bonchev–Trinajstić information content (AvgIpc) is 2.45. The van der Waals surface area contributed by atoms with Crippen molar-refractivity contribution in [3.8, 4) is 5.75 Å². The fourth-order valence-electron chi connectivity index (χ4n) is 2.60. The van der Waals surface area contributed by atoms with Crippen LogP contribution in [-0.4, -0.2) is 44.9 Å². The number of hydrogen-bond acceptors (Lipinski definition) is 3. The minimum Gasteiger partial charge on any atom is -0.496 e. The fourth-order valence-corrected chi connectivity index (χ4v) is 2.60. The smallest absolute Gasteiger partial charge is 0.123 e. The molecule has 106 valence electrons. The maximum absolute atomic E-state index is 13.5. The van der Waals surface area contributed by atoms with Crippen molar-refractivity contribution < 1.29 is 13.5 Å². The third kappa shape index (κ3) is 3.42. The van der Waals surface area contributed by atoms with Crippen LogP contribution in [0, 0.1) is 5.82 Å². The topological polar surface area (TPSA) is 24.5 Å². The van der Waals surface area contributed by atoms with E-state index < -0.39 is 6.67 Å². The van der Waals surface area contributed by atoms with Crippen LogP contribution in [0.25, 0.3) is 0 Å². The summed E-state index contributed by atoms with van der Waals surface area (Å²) in [5.41, 5.74) is 0.738. The van der Waals surface area contributed by atoms with E-state index >= 15 is 0 Å². The number of piperazine rings is 1. The lowest BCUT2D eigenvalue weighted by Crippen LogP contribution is -2.45. The minimum atomic E-state index is -0.422. The van der Waals surface area contributed by atoms with Gasteiger partial charge in [0.05, 0.1) is 13.8 Å². The van der Waals surface area contributed by atoms with Gasteiger partial charge < -0.3 is 10.1 Å². The number of ether oxygens (including phenoxy) is 1. The maximum Gasteiger partial charge on any atom is 0.123 e. The van der Waals surface area contributed by atoms with E-state index in [4.69, 9.17) is 4.74 Å². The van der Waals surface area contributed by atoms with Crippen molar-refractivity contribution >= 4 is 0 Å². The van der Waals surface area contributed by atoms with Gasteiger partial charge in [-0.25, -0.2) is 4.39 Å². The highest BCUT2D eigenvalue weighted by Gasteiger charge is 2.25. The van der Waals surface area contributed by atoms with Crippen LogP contribution in [0.5, 0.6) is 5.75 Å². The number of alkyl halides is 1. The first-order valence-electron chi connectivity index (χ1n) is 6.60. The van der Waals surface area contributed by atoms with Gasteiger partial charge >= 0.3 is 0 Å². The second-order valence-corrected chi connectivity index (χ2v) is 4.67. The van der Waals surface area contributed by atoms with Crippen LogP contribution in [0.4, 0.5) is 8.78 Å². The Hall–Kier alpha value is -1.20. The zero-order valence-electron chi connectivity index (χ0n) is 11.2. The zero-order valence-corrected chi connectivity index (χ0v) is 11.2. The molecule has 0 spiro atoms. The first-order valence-corrected chi connectivity index (χ1v) is 6.60. The zero-order chi connectivity index (χ0) is 13.7. The molecule has 19 heavy (non-hydrogen) atoms. The van der Waals surface area contributed by atoms with Crippen LogP contribution in [0.15, 0.2) is 18.2 Å². The molecule has 1 aromatic carbocycles. The first-order chi connectivity index (χ1) is 9.26. The number of methoxy groups -OCH3 is 1. The van der Waals surface area contributed by atoms with Crippen LogP contribution in [0.3, 0.4) is 0 Å². The van der Waals surface area contributed by atoms with Gasteiger partial charge in [-0.15, -0.1) is 0 Å². The van der Waals surface area contributed by atoms with Crippen LogP contribution >= 0.6 is 0 Å². The SMILES string of the molecule is COc1ccc(F)cc1[C@@H](CCF)N1CCNCC1. The summed E-state index contributed by atoms with van der Waals surface area (Å²) >= 11 is 0. The lowest BCUT2D eigenvalue weighted by Gasteiger charge is -2.35. The number of benzene rings is 1. The summed E-state index contributed by atoms with van der Waals surface area (Å²) in [6.07, 6.45) is 0.361. The van der Waals surface area contributed by atoms with E-state index in [2.05, 4.69) is 10.2 Å². The molecule has 0 bridgehead atoms. The summed E-state index contributed by atoms with van der Waals surface area (Å²) < 4.78 is 31.6.